The molecule has 0 spiro atoms. The number of hydrogen-bond acceptors (Lipinski definition) is 18. The van der Waals surface area contributed by atoms with Gasteiger partial charge in [0.1, 0.15) is 78.5 Å². The third kappa shape index (κ3) is 6.99. The van der Waals surface area contributed by atoms with E-state index in [1.54, 1.807) is 6.92 Å². The van der Waals surface area contributed by atoms with Gasteiger partial charge in [0.25, 0.3) is 0 Å². The van der Waals surface area contributed by atoms with Gasteiger partial charge in [0.05, 0.1) is 19.8 Å². The molecule has 0 bridgehead atoms. The van der Waals surface area contributed by atoms with Gasteiger partial charge >= 0.3 is 5.97 Å². The Morgan fingerprint density at radius 1 is 0.659 bits per heavy atom. The summed E-state index contributed by atoms with van der Waals surface area (Å²) in [7, 11) is 0. The summed E-state index contributed by atoms with van der Waals surface area (Å²) in [6.45, 7) is -0.888. The van der Waals surface area contributed by atoms with E-state index in [2.05, 4.69) is 0 Å². The molecule has 0 aliphatic carbocycles. The first-order chi connectivity index (χ1) is 20.8. The fraction of sp³-hybridized carbons (Fsp3) is 0.731. The second-order valence-electron chi connectivity index (χ2n) is 10.7. The summed E-state index contributed by atoms with van der Waals surface area (Å²) in [4.78, 5) is 13.0. The number of aromatic hydroxyl groups is 1. The largest absolute Gasteiger partial charge is 0.507 e. The highest BCUT2D eigenvalue weighted by Crippen LogP contribution is 2.34. The molecule has 0 amide bonds. The molecule has 0 radical (unpaired) electrons. The van der Waals surface area contributed by atoms with Crippen LogP contribution in [0.1, 0.15) is 15.9 Å². The normalized spacial score (nSPS) is 43.0. The summed E-state index contributed by atoms with van der Waals surface area (Å²) in [5, 5.41) is 112. The van der Waals surface area contributed by atoms with E-state index in [1.165, 1.54) is 18.2 Å². The molecule has 4 rings (SSSR count). The van der Waals surface area contributed by atoms with Crippen molar-refractivity contribution in [1.29, 1.82) is 0 Å². The van der Waals surface area contributed by atoms with Crippen molar-refractivity contribution in [2.75, 3.05) is 19.8 Å². The quantitative estimate of drug-likeness (QED) is 0.112. The summed E-state index contributed by atoms with van der Waals surface area (Å²) in [5.74, 6) is -1.62. The monoisotopic (exact) mass is 638 g/mol. The first-order valence-electron chi connectivity index (χ1n) is 13.7. The van der Waals surface area contributed by atoms with Crippen LogP contribution in [0.4, 0.5) is 0 Å². The molecule has 18 heteroatoms. The van der Waals surface area contributed by atoms with Crippen LogP contribution in [-0.4, -0.2) is 174 Å². The van der Waals surface area contributed by atoms with Gasteiger partial charge in [0.15, 0.2) is 18.7 Å². The van der Waals surface area contributed by atoms with Gasteiger partial charge in [0, 0.05) is 0 Å². The zero-order valence-corrected chi connectivity index (χ0v) is 23.3. The maximum Gasteiger partial charge on any atom is 0.344 e. The number of ether oxygens (including phenoxy) is 6. The van der Waals surface area contributed by atoms with E-state index in [1.807, 2.05) is 0 Å². The Kier molecular flexibility index (Phi) is 11.5. The van der Waals surface area contributed by atoms with Crippen LogP contribution in [0.15, 0.2) is 18.2 Å². The molecule has 44 heavy (non-hydrogen) atoms. The summed E-state index contributed by atoms with van der Waals surface area (Å²) < 4.78 is 33.0. The molecule has 1 aromatic rings. The van der Waals surface area contributed by atoms with Crippen molar-refractivity contribution in [3.8, 4) is 5.75 Å². The van der Waals surface area contributed by atoms with Gasteiger partial charge in [-0.3, -0.25) is 0 Å². The number of esters is 1. The second-order valence-corrected chi connectivity index (χ2v) is 10.7. The van der Waals surface area contributed by atoms with Crippen LogP contribution in [0.2, 0.25) is 0 Å². The van der Waals surface area contributed by atoms with E-state index in [0.717, 1.165) is 0 Å². The lowest BCUT2D eigenvalue weighted by Gasteiger charge is -2.48. The number of carbonyl (C=O) groups excluding carboxylic acids is 1. The Hall–Kier alpha value is -2.11. The molecule has 3 aliphatic heterocycles. The van der Waals surface area contributed by atoms with E-state index in [9.17, 15) is 61.0 Å². The molecule has 3 saturated heterocycles. The number of aryl methyl sites for hydroxylation is 1. The van der Waals surface area contributed by atoms with Gasteiger partial charge in [-0.1, -0.05) is 11.6 Å². The van der Waals surface area contributed by atoms with Crippen molar-refractivity contribution >= 4 is 5.97 Å². The Bertz CT molecular complexity index is 1100. The third-order valence-electron chi connectivity index (χ3n) is 7.68. The fourth-order valence-electron chi connectivity index (χ4n) is 5.08. The molecule has 250 valence electrons. The van der Waals surface area contributed by atoms with Gasteiger partial charge in [-0.2, -0.15) is 0 Å². The minimum Gasteiger partial charge on any atom is -0.507 e. The second kappa shape index (κ2) is 14.5. The predicted octanol–water partition coefficient (Wildman–Crippen LogP) is -5.69. The first-order valence-corrected chi connectivity index (χ1v) is 13.7. The molecule has 18 nitrogen and oxygen atoms in total. The van der Waals surface area contributed by atoms with Gasteiger partial charge < -0.3 is 84.6 Å². The van der Waals surface area contributed by atoms with E-state index >= 15 is 0 Å². The van der Waals surface area contributed by atoms with Crippen molar-refractivity contribution in [1.82, 2.24) is 0 Å². The van der Waals surface area contributed by atoms with Crippen LogP contribution in [0.5, 0.6) is 5.75 Å². The average Bonchev–Trinajstić information content (AvgIpc) is 3.00. The topological polar surface area (TPSA) is 295 Å². The van der Waals surface area contributed by atoms with Crippen LogP contribution in [0, 0.1) is 6.92 Å². The van der Waals surface area contributed by atoms with Gasteiger partial charge in [-0.05, 0) is 19.1 Å². The number of aliphatic hydroxyl groups excluding tert-OH is 10. The number of rotatable bonds is 9. The van der Waals surface area contributed by atoms with E-state index in [4.69, 9.17) is 28.4 Å². The molecule has 15 atom stereocenters. The molecule has 3 fully saturated rings. The van der Waals surface area contributed by atoms with Gasteiger partial charge in [-0.15, -0.1) is 0 Å². The SMILES string of the molecule is Cc1ccc(O)c(C(=O)O[C@@H]2O[C@H](CO)[C@@H](O)[C@H](O)[C@H]2O[C@@H]2O[C@H](CO)[C@@H](O)[C@H](O)[C@H]2O[C@@H]2O[C@H](CO)[C@@H](O)[C@H](O)[C@H]2O)c1. The summed E-state index contributed by atoms with van der Waals surface area (Å²) in [5.41, 5.74) is 0.271. The average molecular weight is 639 g/mol. The van der Waals surface area contributed by atoms with Crippen molar-refractivity contribution in [3.05, 3.63) is 29.3 Å². The molecular formula is C26H38O18. The Morgan fingerprint density at radius 3 is 1.66 bits per heavy atom. The summed E-state index contributed by atoms with van der Waals surface area (Å²) in [6, 6.07) is 4.04. The molecular weight excluding hydrogens is 600 g/mol. The van der Waals surface area contributed by atoms with Gasteiger partial charge in [-0.25, -0.2) is 4.79 Å². The number of aliphatic hydroxyl groups is 10. The van der Waals surface area contributed by atoms with Crippen LogP contribution >= 0.6 is 0 Å². The van der Waals surface area contributed by atoms with E-state index in [-0.39, 0.29) is 5.56 Å². The predicted molar refractivity (Wildman–Crippen MR) is 137 cm³/mol. The lowest BCUT2D eigenvalue weighted by molar-refractivity contribution is -0.390. The third-order valence-corrected chi connectivity index (χ3v) is 7.68. The number of phenolic OH excluding ortho intramolecular Hbond substituents is 1. The lowest BCUT2D eigenvalue weighted by Crippen LogP contribution is -2.67. The molecule has 0 aromatic heterocycles. The van der Waals surface area contributed by atoms with Crippen molar-refractivity contribution in [3.63, 3.8) is 0 Å². The van der Waals surface area contributed by atoms with Crippen LogP contribution < -0.4 is 0 Å². The number of carbonyl (C=O) groups is 1. The molecule has 11 N–H and O–H groups in total. The maximum atomic E-state index is 13.0. The maximum absolute atomic E-state index is 13.0. The fourth-order valence-corrected chi connectivity index (χ4v) is 5.08. The molecule has 3 aliphatic rings. The molecule has 0 unspecified atom stereocenters. The van der Waals surface area contributed by atoms with Crippen LogP contribution in [0.25, 0.3) is 0 Å². The van der Waals surface area contributed by atoms with Crippen molar-refractivity contribution < 1.29 is 89.4 Å². The zero-order valence-electron chi connectivity index (χ0n) is 23.3. The lowest BCUT2D eigenvalue weighted by atomic mass is 9.96. The zero-order chi connectivity index (χ0) is 32.5. The minimum absolute atomic E-state index is 0.301. The Balaban J connectivity index is 1.63. The molecule has 0 saturated carbocycles. The van der Waals surface area contributed by atoms with Crippen LogP contribution in [0.3, 0.4) is 0 Å². The Labute approximate surface area is 249 Å². The molecule has 3 heterocycles. The highest BCUT2D eigenvalue weighted by atomic mass is 16.8. The number of hydrogen-bond donors (Lipinski definition) is 11. The number of benzene rings is 1. The van der Waals surface area contributed by atoms with E-state index < -0.39 is 124 Å². The van der Waals surface area contributed by atoms with Gasteiger partial charge in [0.2, 0.25) is 6.29 Å². The summed E-state index contributed by atoms with van der Waals surface area (Å²) >= 11 is 0. The highest BCUT2D eigenvalue weighted by Gasteiger charge is 2.54. The first kappa shape index (κ1) is 34.8. The standard InChI is InChI=1S/C26H38O18/c1-8-2-3-10(30)9(4-8)23(38)44-26-22(19(36)16(33)13(7-29)41-26)43-25-21(18(35)15(32)12(6-28)40-25)42-24-20(37)17(34)14(31)11(5-27)39-24/h2-4,11-22,24-37H,5-7H2,1H3/t11-,12-,13-,14-,15-,16-,17+,18+,19+,20-,21-,22-,24+,25+,26+/m1/s1. The van der Waals surface area contributed by atoms with E-state index in [0.29, 0.717) is 5.56 Å². The molecule has 1 aromatic carbocycles. The highest BCUT2D eigenvalue weighted by molar-refractivity contribution is 5.92. The smallest absolute Gasteiger partial charge is 0.344 e. The minimum atomic E-state index is -1.97. The number of phenols is 1. The Morgan fingerprint density at radius 2 is 1.11 bits per heavy atom. The summed E-state index contributed by atoms with van der Waals surface area (Å²) in [6.07, 6.45) is -27.1. The van der Waals surface area contributed by atoms with Crippen molar-refractivity contribution in [2.24, 2.45) is 0 Å². The van der Waals surface area contributed by atoms with Crippen molar-refractivity contribution in [2.45, 2.75) is 99.0 Å². The van der Waals surface area contributed by atoms with Crippen LogP contribution in [-0.2, 0) is 28.4 Å².